The zero-order chi connectivity index (χ0) is 22.1. The van der Waals surface area contributed by atoms with E-state index in [9.17, 15) is 14.9 Å². The van der Waals surface area contributed by atoms with E-state index in [-0.39, 0.29) is 17.3 Å². The first-order chi connectivity index (χ1) is 15.6. The first-order valence-corrected chi connectivity index (χ1v) is 10.0. The molecule has 0 fully saturated rings. The first-order valence-electron chi connectivity index (χ1n) is 10.0. The van der Waals surface area contributed by atoms with E-state index in [1.165, 1.54) is 0 Å². The Bertz CT molecular complexity index is 1280. The number of aromatic amines is 1. The highest BCUT2D eigenvalue weighted by Crippen LogP contribution is 2.37. The molecule has 10 nitrogen and oxygen atoms in total. The molecular weight excluding hydrogens is 412 g/mol. The van der Waals surface area contributed by atoms with Gasteiger partial charge in [-0.05, 0) is 35.4 Å². The van der Waals surface area contributed by atoms with E-state index >= 15 is 0 Å². The van der Waals surface area contributed by atoms with E-state index < -0.39 is 23.3 Å². The molecule has 2 aromatic heterocycles. The Hall–Kier alpha value is -4.39. The lowest BCUT2D eigenvalue weighted by molar-refractivity contribution is -0.119. The van der Waals surface area contributed by atoms with Gasteiger partial charge in [0.2, 0.25) is 11.9 Å². The average Bonchev–Trinajstić information content (AvgIpc) is 2.82. The SMILES string of the molecule is N#CC1C(=O)Nc2nc(NCc3ccc4c(c3)OCCO4)[nH]c(=O)c2C1c1ccncc1. The summed E-state index contributed by atoms with van der Waals surface area (Å²) in [6, 6.07) is 10.9. The van der Waals surface area contributed by atoms with Gasteiger partial charge in [0.05, 0.1) is 11.6 Å². The molecular formula is C22H18N6O4. The van der Waals surface area contributed by atoms with Crippen LogP contribution in [0, 0.1) is 17.2 Å². The van der Waals surface area contributed by atoms with Crippen LogP contribution in [0.15, 0.2) is 47.5 Å². The molecule has 0 saturated heterocycles. The minimum absolute atomic E-state index is 0.136. The van der Waals surface area contributed by atoms with Gasteiger partial charge in [-0.2, -0.15) is 10.2 Å². The number of hydrogen-bond acceptors (Lipinski definition) is 8. The lowest BCUT2D eigenvalue weighted by Crippen LogP contribution is -2.38. The quantitative estimate of drug-likeness (QED) is 0.568. The third kappa shape index (κ3) is 3.50. The van der Waals surface area contributed by atoms with Crippen molar-refractivity contribution in [2.45, 2.75) is 12.5 Å². The van der Waals surface area contributed by atoms with Gasteiger partial charge in [0, 0.05) is 24.9 Å². The topological polar surface area (TPSA) is 142 Å². The smallest absolute Gasteiger partial charge is 0.258 e. The molecule has 0 radical (unpaired) electrons. The highest BCUT2D eigenvalue weighted by Gasteiger charge is 2.40. The summed E-state index contributed by atoms with van der Waals surface area (Å²) in [7, 11) is 0. The Kier molecular flexibility index (Phi) is 4.91. The lowest BCUT2D eigenvalue weighted by atomic mass is 9.79. The standard InChI is InChI=1S/C22H18N6O4/c23-10-14-17(13-3-5-24-6-4-13)18-19(26-20(14)29)27-22(28-21(18)30)25-11-12-1-2-15-16(9-12)32-8-7-31-15/h1-6,9,14,17H,7-8,11H2,(H3,25,26,27,28,29,30). The molecule has 0 aliphatic carbocycles. The summed E-state index contributed by atoms with van der Waals surface area (Å²) < 4.78 is 11.1. The molecule has 4 heterocycles. The van der Waals surface area contributed by atoms with Crippen molar-refractivity contribution in [2.75, 3.05) is 23.8 Å². The number of H-pyrrole nitrogens is 1. The monoisotopic (exact) mass is 430 g/mol. The number of pyridine rings is 1. The van der Waals surface area contributed by atoms with Crippen molar-refractivity contribution in [3.8, 4) is 17.6 Å². The fraction of sp³-hybridized carbons (Fsp3) is 0.227. The molecule has 160 valence electrons. The molecule has 3 N–H and O–H groups in total. The number of carbonyl (C=O) groups is 1. The van der Waals surface area contributed by atoms with Crippen molar-refractivity contribution in [2.24, 2.45) is 5.92 Å². The molecule has 3 aromatic rings. The first kappa shape index (κ1) is 19.6. The molecule has 32 heavy (non-hydrogen) atoms. The molecule has 2 aliphatic rings. The Morgan fingerprint density at radius 3 is 2.69 bits per heavy atom. The highest BCUT2D eigenvalue weighted by atomic mass is 16.6. The summed E-state index contributed by atoms with van der Waals surface area (Å²) in [5.41, 5.74) is 1.36. The van der Waals surface area contributed by atoms with Gasteiger partial charge in [0.15, 0.2) is 11.5 Å². The molecule has 1 amide bonds. The van der Waals surface area contributed by atoms with Crippen LogP contribution in [0.25, 0.3) is 0 Å². The number of carbonyl (C=O) groups excluding carboxylic acids is 1. The summed E-state index contributed by atoms with van der Waals surface area (Å²) in [5, 5.41) is 15.2. The molecule has 0 spiro atoms. The number of benzene rings is 1. The number of nitriles is 1. The van der Waals surface area contributed by atoms with Crippen molar-refractivity contribution >= 4 is 17.7 Å². The summed E-state index contributed by atoms with van der Waals surface area (Å²) in [6.07, 6.45) is 3.11. The van der Waals surface area contributed by atoms with Crippen molar-refractivity contribution < 1.29 is 14.3 Å². The number of nitrogens with zero attached hydrogens (tertiary/aromatic N) is 3. The number of ether oxygens (including phenoxy) is 2. The van der Waals surface area contributed by atoms with Crippen LogP contribution in [0.3, 0.4) is 0 Å². The third-order valence-electron chi connectivity index (χ3n) is 5.39. The molecule has 2 unspecified atom stereocenters. The van der Waals surface area contributed by atoms with Gasteiger partial charge in [-0.15, -0.1) is 0 Å². The van der Waals surface area contributed by atoms with Crippen LogP contribution < -0.4 is 25.7 Å². The number of amides is 1. The normalized spacial score (nSPS) is 18.8. The second-order valence-electron chi connectivity index (χ2n) is 7.36. The number of rotatable bonds is 4. The maximum atomic E-state index is 13.0. The zero-order valence-electron chi connectivity index (χ0n) is 16.8. The minimum atomic E-state index is -1.05. The van der Waals surface area contributed by atoms with E-state index in [1.807, 2.05) is 24.3 Å². The second kappa shape index (κ2) is 8.03. The maximum Gasteiger partial charge on any atom is 0.258 e. The largest absolute Gasteiger partial charge is 0.486 e. The van der Waals surface area contributed by atoms with E-state index in [0.29, 0.717) is 36.8 Å². The van der Waals surface area contributed by atoms with Gasteiger partial charge in [0.25, 0.3) is 5.56 Å². The van der Waals surface area contributed by atoms with Gasteiger partial charge in [-0.1, -0.05) is 6.07 Å². The third-order valence-corrected chi connectivity index (χ3v) is 5.39. The molecule has 0 saturated carbocycles. The fourth-order valence-electron chi connectivity index (χ4n) is 3.91. The number of aromatic nitrogens is 3. The Morgan fingerprint density at radius 2 is 1.91 bits per heavy atom. The number of anilines is 2. The molecule has 10 heteroatoms. The van der Waals surface area contributed by atoms with Crippen LogP contribution in [0.2, 0.25) is 0 Å². The van der Waals surface area contributed by atoms with Gasteiger partial charge in [0.1, 0.15) is 24.9 Å². The van der Waals surface area contributed by atoms with Crippen LogP contribution in [0.4, 0.5) is 11.8 Å². The van der Waals surface area contributed by atoms with Gasteiger partial charge in [-0.25, -0.2) is 0 Å². The summed E-state index contributed by atoms with van der Waals surface area (Å²) in [6.45, 7) is 1.37. The molecule has 0 bridgehead atoms. The van der Waals surface area contributed by atoms with Crippen LogP contribution in [-0.2, 0) is 11.3 Å². The summed E-state index contributed by atoms with van der Waals surface area (Å²) in [4.78, 5) is 36.6. The predicted octanol–water partition coefficient (Wildman–Crippen LogP) is 1.77. The molecule has 1 aromatic carbocycles. The Morgan fingerprint density at radius 1 is 1.12 bits per heavy atom. The van der Waals surface area contributed by atoms with Crippen molar-refractivity contribution in [1.29, 1.82) is 5.26 Å². The van der Waals surface area contributed by atoms with Crippen molar-refractivity contribution in [3.63, 3.8) is 0 Å². The maximum absolute atomic E-state index is 13.0. The number of fused-ring (bicyclic) bond motifs is 2. The van der Waals surface area contributed by atoms with Crippen LogP contribution in [-0.4, -0.2) is 34.1 Å². The lowest BCUT2D eigenvalue weighted by Gasteiger charge is -2.28. The number of nitrogens with one attached hydrogen (secondary N) is 3. The van der Waals surface area contributed by atoms with E-state index in [2.05, 4.69) is 25.6 Å². The second-order valence-corrected chi connectivity index (χ2v) is 7.36. The Labute approximate surface area is 182 Å². The number of hydrogen-bond donors (Lipinski definition) is 3. The highest BCUT2D eigenvalue weighted by molar-refractivity contribution is 5.97. The predicted molar refractivity (Wildman–Crippen MR) is 113 cm³/mol. The van der Waals surface area contributed by atoms with E-state index in [1.54, 1.807) is 24.5 Å². The van der Waals surface area contributed by atoms with Crippen LogP contribution >= 0.6 is 0 Å². The summed E-state index contributed by atoms with van der Waals surface area (Å²) in [5.74, 6) is -0.601. The van der Waals surface area contributed by atoms with Gasteiger partial charge < -0.3 is 20.1 Å². The Balaban J connectivity index is 1.45. The molecule has 2 aliphatic heterocycles. The van der Waals surface area contributed by atoms with Gasteiger partial charge in [-0.3, -0.25) is 19.6 Å². The van der Waals surface area contributed by atoms with Crippen LogP contribution in [0.5, 0.6) is 11.5 Å². The van der Waals surface area contributed by atoms with Gasteiger partial charge >= 0.3 is 0 Å². The van der Waals surface area contributed by atoms with E-state index in [0.717, 1.165) is 5.56 Å². The zero-order valence-corrected chi connectivity index (χ0v) is 16.8. The summed E-state index contributed by atoms with van der Waals surface area (Å²) >= 11 is 0. The molecule has 5 rings (SSSR count). The average molecular weight is 430 g/mol. The minimum Gasteiger partial charge on any atom is -0.486 e. The van der Waals surface area contributed by atoms with Crippen LogP contribution in [0.1, 0.15) is 22.6 Å². The fourth-order valence-corrected chi connectivity index (χ4v) is 3.91. The van der Waals surface area contributed by atoms with Crippen molar-refractivity contribution in [1.82, 2.24) is 15.0 Å². The van der Waals surface area contributed by atoms with Crippen molar-refractivity contribution in [3.05, 3.63) is 69.8 Å². The molecule has 2 atom stereocenters. The van der Waals surface area contributed by atoms with E-state index in [4.69, 9.17) is 9.47 Å².